The quantitative estimate of drug-likeness (QED) is 0.826. The maximum Gasteiger partial charge on any atom is 0.145 e. The van der Waals surface area contributed by atoms with Gasteiger partial charge in [0.25, 0.3) is 0 Å². The van der Waals surface area contributed by atoms with Crippen LogP contribution in [0.1, 0.15) is 12.8 Å². The Hall–Kier alpha value is -0.410. The molecule has 3 rings (SSSR count). The normalized spacial score (nSPS) is 19.2. The van der Waals surface area contributed by atoms with Crippen LogP contribution in [0.5, 0.6) is 5.75 Å². The lowest BCUT2D eigenvalue weighted by Crippen LogP contribution is -2.34. The Kier molecular flexibility index (Phi) is 2.76. The largest absolute Gasteiger partial charge is 0.489 e. The zero-order valence-electron chi connectivity index (χ0n) is 8.88. The molecule has 0 atom stereocenters. The van der Waals surface area contributed by atoms with Crippen molar-refractivity contribution in [3.8, 4) is 5.75 Å². The smallest absolute Gasteiger partial charge is 0.145 e. The predicted octanol–water partition coefficient (Wildman–Crippen LogP) is 3.71. The summed E-state index contributed by atoms with van der Waals surface area (Å²) in [5, 5.41) is 0.721. The first-order valence-electron chi connectivity index (χ1n) is 5.61. The Bertz CT molecular complexity index is 420. The minimum Gasteiger partial charge on any atom is -0.489 e. The second-order valence-electron chi connectivity index (χ2n) is 4.47. The van der Waals surface area contributed by atoms with Crippen molar-refractivity contribution in [2.24, 2.45) is 5.92 Å². The molecule has 86 valence electrons. The molecule has 0 bridgehead atoms. The van der Waals surface area contributed by atoms with Crippen LogP contribution in [0.25, 0.3) is 0 Å². The molecule has 0 spiro atoms. The number of hydrogen-bond donors (Lipinski definition) is 0. The summed E-state index contributed by atoms with van der Waals surface area (Å²) in [5.74, 6) is 1.79. The molecule has 0 unspecified atom stereocenters. The highest BCUT2D eigenvalue weighted by molar-refractivity contribution is 9.10. The van der Waals surface area contributed by atoms with Gasteiger partial charge in [0.2, 0.25) is 0 Å². The first kappa shape index (κ1) is 10.7. The molecule has 0 radical (unpaired) electrons. The van der Waals surface area contributed by atoms with Gasteiger partial charge in [-0.15, -0.1) is 0 Å². The average Bonchev–Trinajstić information content (AvgIpc) is 3.00. The molecule has 1 heterocycles. The van der Waals surface area contributed by atoms with Crippen LogP contribution in [-0.4, -0.2) is 19.7 Å². The van der Waals surface area contributed by atoms with Gasteiger partial charge in [0.05, 0.1) is 12.2 Å². The molecule has 4 heteroatoms. The maximum absolute atomic E-state index is 6.02. The highest BCUT2D eigenvalue weighted by Crippen LogP contribution is 2.42. The third kappa shape index (κ3) is 2.03. The fourth-order valence-electron chi connectivity index (χ4n) is 2.13. The molecule has 2 aliphatic rings. The lowest BCUT2D eigenvalue weighted by Gasteiger charge is -2.32. The number of hydrogen-bond acceptors (Lipinski definition) is 2. The van der Waals surface area contributed by atoms with Crippen molar-refractivity contribution in [2.45, 2.75) is 12.8 Å². The predicted molar refractivity (Wildman–Crippen MR) is 69.6 cm³/mol. The highest BCUT2D eigenvalue weighted by Gasteiger charge is 2.28. The van der Waals surface area contributed by atoms with Gasteiger partial charge in [-0.05, 0) is 40.8 Å². The molecule has 2 nitrogen and oxygen atoms in total. The van der Waals surface area contributed by atoms with Crippen LogP contribution >= 0.6 is 27.5 Å². The fourth-order valence-corrected chi connectivity index (χ4v) is 3.16. The molecule has 16 heavy (non-hydrogen) atoms. The van der Waals surface area contributed by atoms with Crippen LogP contribution in [-0.2, 0) is 0 Å². The van der Waals surface area contributed by atoms with Crippen LogP contribution in [0.4, 0.5) is 5.69 Å². The van der Waals surface area contributed by atoms with Crippen LogP contribution in [0, 0.1) is 5.92 Å². The SMILES string of the molecule is Clc1cc(Br)c2c(c1)OCCN2CC1CC1. The van der Waals surface area contributed by atoms with E-state index >= 15 is 0 Å². The van der Waals surface area contributed by atoms with Gasteiger partial charge in [0, 0.05) is 22.1 Å². The third-order valence-corrected chi connectivity index (χ3v) is 3.93. The van der Waals surface area contributed by atoms with Crippen molar-refractivity contribution in [1.82, 2.24) is 0 Å². The van der Waals surface area contributed by atoms with Crippen molar-refractivity contribution in [3.05, 3.63) is 21.6 Å². The van der Waals surface area contributed by atoms with E-state index in [2.05, 4.69) is 20.8 Å². The van der Waals surface area contributed by atoms with E-state index in [1.807, 2.05) is 12.1 Å². The second kappa shape index (κ2) is 4.11. The monoisotopic (exact) mass is 301 g/mol. The summed E-state index contributed by atoms with van der Waals surface area (Å²) in [6.45, 7) is 2.88. The molecule has 0 saturated heterocycles. The van der Waals surface area contributed by atoms with E-state index in [0.717, 1.165) is 40.9 Å². The van der Waals surface area contributed by atoms with Crippen molar-refractivity contribution in [2.75, 3.05) is 24.6 Å². The van der Waals surface area contributed by atoms with Crippen molar-refractivity contribution < 1.29 is 4.74 Å². The number of fused-ring (bicyclic) bond motifs is 1. The van der Waals surface area contributed by atoms with Crippen LogP contribution in [0.2, 0.25) is 5.02 Å². The first-order valence-corrected chi connectivity index (χ1v) is 6.78. The summed E-state index contributed by atoms with van der Waals surface area (Å²) in [7, 11) is 0. The summed E-state index contributed by atoms with van der Waals surface area (Å²) in [4.78, 5) is 2.41. The summed E-state index contributed by atoms with van der Waals surface area (Å²) >= 11 is 9.60. The van der Waals surface area contributed by atoms with Gasteiger partial charge in [-0.3, -0.25) is 0 Å². The van der Waals surface area contributed by atoms with Crippen LogP contribution in [0.3, 0.4) is 0 Å². The molecule has 0 N–H and O–H groups in total. The van der Waals surface area contributed by atoms with Gasteiger partial charge >= 0.3 is 0 Å². The van der Waals surface area contributed by atoms with E-state index in [4.69, 9.17) is 16.3 Å². The van der Waals surface area contributed by atoms with Crippen molar-refractivity contribution >= 4 is 33.2 Å². The van der Waals surface area contributed by atoms with E-state index in [9.17, 15) is 0 Å². The summed E-state index contributed by atoms with van der Waals surface area (Å²) < 4.78 is 6.70. The molecule has 0 amide bonds. The van der Waals surface area contributed by atoms with Crippen LogP contribution < -0.4 is 9.64 Å². The van der Waals surface area contributed by atoms with E-state index in [0.29, 0.717) is 0 Å². The Balaban J connectivity index is 1.95. The Labute approximate surface area is 109 Å². The lowest BCUT2D eigenvalue weighted by molar-refractivity contribution is 0.306. The van der Waals surface area contributed by atoms with Gasteiger partial charge in [-0.25, -0.2) is 0 Å². The summed E-state index contributed by atoms with van der Waals surface area (Å²) in [6.07, 6.45) is 2.75. The highest BCUT2D eigenvalue weighted by atomic mass is 79.9. The topological polar surface area (TPSA) is 12.5 Å². The molecule has 1 saturated carbocycles. The van der Waals surface area contributed by atoms with Crippen molar-refractivity contribution in [1.29, 1.82) is 0 Å². The first-order chi connectivity index (χ1) is 7.74. The van der Waals surface area contributed by atoms with E-state index < -0.39 is 0 Å². The molecule has 0 aromatic heterocycles. The van der Waals surface area contributed by atoms with E-state index in [1.54, 1.807) is 0 Å². The number of nitrogens with zero attached hydrogens (tertiary/aromatic N) is 1. The molecule has 1 aromatic carbocycles. The minimum absolute atomic E-state index is 0.721. The second-order valence-corrected chi connectivity index (χ2v) is 5.76. The number of benzene rings is 1. The molecular formula is C12H13BrClNO. The van der Waals surface area contributed by atoms with Gasteiger partial charge in [-0.1, -0.05) is 11.6 Å². The molecule has 1 fully saturated rings. The number of anilines is 1. The van der Waals surface area contributed by atoms with Gasteiger partial charge < -0.3 is 9.64 Å². The average molecular weight is 303 g/mol. The molecule has 1 aliphatic heterocycles. The summed E-state index contributed by atoms with van der Waals surface area (Å²) in [5.41, 5.74) is 1.17. The Morgan fingerprint density at radius 2 is 2.25 bits per heavy atom. The molecular weight excluding hydrogens is 289 g/mol. The van der Waals surface area contributed by atoms with E-state index in [-0.39, 0.29) is 0 Å². The number of rotatable bonds is 2. The van der Waals surface area contributed by atoms with E-state index in [1.165, 1.54) is 18.5 Å². The maximum atomic E-state index is 6.02. The van der Waals surface area contributed by atoms with Gasteiger partial charge in [0.1, 0.15) is 12.4 Å². The van der Waals surface area contributed by atoms with Gasteiger partial charge in [0.15, 0.2) is 0 Å². The minimum atomic E-state index is 0.721. The number of ether oxygens (including phenoxy) is 1. The lowest BCUT2D eigenvalue weighted by atomic mass is 10.2. The zero-order valence-corrected chi connectivity index (χ0v) is 11.2. The zero-order chi connectivity index (χ0) is 11.1. The van der Waals surface area contributed by atoms with Crippen LogP contribution in [0.15, 0.2) is 16.6 Å². The number of halogens is 2. The molecule has 1 aliphatic carbocycles. The third-order valence-electron chi connectivity index (χ3n) is 3.10. The van der Waals surface area contributed by atoms with Gasteiger partial charge in [-0.2, -0.15) is 0 Å². The van der Waals surface area contributed by atoms with Crippen molar-refractivity contribution in [3.63, 3.8) is 0 Å². The summed E-state index contributed by atoms with van der Waals surface area (Å²) in [6, 6.07) is 3.84. The standard InChI is InChI=1S/C12H13BrClNO/c13-10-5-9(14)6-11-12(10)15(3-4-16-11)7-8-1-2-8/h5-6,8H,1-4,7H2. The Morgan fingerprint density at radius 1 is 1.44 bits per heavy atom. The fraction of sp³-hybridized carbons (Fsp3) is 0.500. The Morgan fingerprint density at radius 3 is 3.00 bits per heavy atom. The molecule has 1 aromatic rings.